The number of nitrogens with one attached hydrogen (secondary N) is 1. The monoisotopic (exact) mass is 485 g/mol. The van der Waals surface area contributed by atoms with Gasteiger partial charge in [0.25, 0.3) is 11.8 Å². The van der Waals surface area contributed by atoms with Crippen LogP contribution < -0.4 is 10.1 Å². The number of fused-ring (bicyclic) bond motifs is 1. The van der Waals surface area contributed by atoms with E-state index < -0.39 is 11.7 Å². The van der Waals surface area contributed by atoms with E-state index in [1.807, 2.05) is 0 Å². The standard InChI is InChI=1S/C27H36FN3O4/c1-6-12-31-15-18(2)25(34-5)16-30(4)27(33)23-11-10-22(14-24(23)35-17-19(31)3)29-26(32)20-8-7-9-21(28)13-20/h7-11,13-14,18-19,25H,6,12,15-17H2,1-5H3,(H,29,32)/t18-,19-,25-/m1/s1. The van der Waals surface area contributed by atoms with Gasteiger partial charge in [-0.3, -0.25) is 14.5 Å². The molecule has 0 saturated carbocycles. The smallest absolute Gasteiger partial charge is 0.257 e. The maximum atomic E-state index is 13.5. The summed E-state index contributed by atoms with van der Waals surface area (Å²) in [6.45, 7) is 9.00. The summed E-state index contributed by atoms with van der Waals surface area (Å²) in [4.78, 5) is 30.0. The van der Waals surface area contributed by atoms with Gasteiger partial charge >= 0.3 is 0 Å². The van der Waals surface area contributed by atoms with Crippen LogP contribution in [0.2, 0.25) is 0 Å². The fourth-order valence-electron chi connectivity index (χ4n) is 4.36. The number of benzene rings is 2. The summed E-state index contributed by atoms with van der Waals surface area (Å²) < 4.78 is 25.5. The molecule has 0 aromatic heterocycles. The van der Waals surface area contributed by atoms with Crippen molar-refractivity contribution in [1.29, 1.82) is 0 Å². The molecule has 1 aliphatic heterocycles. The Balaban J connectivity index is 1.91. The fraction of sp³-hybridized carbons (Fsp3) is 0.481. The van der Waals surface area contributed by atoms with Crippen molar-refractivity contribution in [2.45, 2.75) is 39.3 Å². The van der Waals surface area contributed by atoms with Crippen LogP contribution >= 0.6 is 0 Å². The van der Waals surface area contributed by atoms with Gasteiger partial charge < -0.3 is 19.7 Å². The fourth-order valence-corrected chi connectivity index (χ4v) is 4.36. The minimum absolute atomic E-state index is 0.107. The van der Waals surface area contributed by atoms with Crippen molar-refractivity contribution in [2.24, 2.45) is 5.92 Å². The minimum Gasteiger partial charge on any atom is -0.491 e. The van der Waals surface area contributed by atoms with E-state index >= 15 is 0 Å². The third kappa shape index (κ3) is 6.80. The van der Waals surface area contributed by atoms with E-state index in [-0.39, 0.29) is 29.5 Å². The topological polar surface area (TPSA) is 71.1 Å². The van der Waals surface area contributed by atoms with Crippen molar-refractivity contribution in [3.63, 3.8) is 0 Å². The van der Waals surface area contributed by atoms with Crippen LogP contribution in [-0.4, -0.2) is 74.2 Å². The van der Waals surface area contributed by atoms with Gasteiger partial charge in [-0.15, -0.1) is 0 Å². The zero-order chi connectivity index (χ0) is 25.5. The van der Waals surface area contributed by atoms with Crippen LogP contribution in [0.4, 0.5) is 10.1 Å². The third-order valence-electron chi connectivity index (χ3n) is 6.43. The van der Waals surface area contributed by atoms with Crippen LogP contribution in [0.15, 0.2) is 42.5 Å². The summed E-state index contributed by atoms with van der Waals surface area (Å²) >= 11 is 0. The molecule has 2 aromatic carbocycles. The van der Waals surface area contributed by atoms with Crippen molar-refractivity contribution in [2.75, 3.05) is 45.7 Å². The van der Waals surface area contributed by atoms with Crippen LogP contribution in [-0.2, 0) is 4.74 Å². The highest BCUT2D eigenvalue weighted by molar-refractivity contribution is 6.05. The molecule has 0 unspecified atom stereocenters. The first kappa shape index (κ1) is 26.6. The molecule has 0 bridgehead atoms. The second-order valence-corrected chi connectivity index (χ2v) is 9.27. The van der Waals surface area contributed by atoms with Crippen LogP contribution in [0.3, 0.4) is 0 Å². The number of halogens is 1. The largest absolute Gasteiger partial charge is 0.491 e. The van der Waals surface area contributed by atoms with Crippen LogP contribution in [0.25, 0.3) is 0 Å². The number of nitrogens with zero attached hydrogens (tertiary/aromatic N) is 2. The first-order valence-corrected chi connectivity index (χ1v) is 12.1. The van der Waals surface area contributed by atoms with E-state index in [1.165, 1.54) is 18.2 Å². The molecular formula is C27H36FN3O4. The lowest BCUT2D eigenvalue weighted by atomic mass is 10.0. The maximum absolute atomic E-state index is 13.5. The van der Waals surface area contributed by atoms with Gasteiger partial charge in [-0.25, -0.2) is 4.39 Å². The number of methoxy groups -OCH3 is 1. The molecule has 0 fully saturated rings. The Bertz CT molecular complexity index is 1030. The van der Waals surface area contributed by atoms with Crippen molar-refractivity contribution in [3.05, 3.63) is 59.4 Å². The molecule has 0 radical (unpaired) electrons. The van der Waals surface area contributed by atoms with E-state index in [4.69, 9.17) is 9.47 Å². The normalized spacial score (nSPS) is 21.9. The number of anilines is 1. The van der Waals surface area contributed by atoms with Gasteiger partial charge in [0.2, 0.25) is 0 Å². The SMILES string of the molecule is CCCN1C[C@@H](C)[C@H](OC)CN(C)C(=O)c2ccc(NC(=O)c3cccc(F)c3)cc2OC[C@H]1C. The molecule has 2 amide bonds. The molecular weight excluding hydrogens is 449 g/mol. The molecule has 35 heavy (non-hydrogen) atoms. The van der Waals surface area contributed by atoms with Crippen molar-refractivity contribution in [3.8, 4) is 5.75 Å². The molecule has 0 saturated heterocycles. The predicted molar refractivity (Wildman–Crippen MR) is 135 cm³/mol. The molecule has 8 heteroatoms. The molecule has 3 atom stereocenters. The van der Waals surface area contributed by atoms with Gasteiger partial charge in [-0.2, -0.15) is 0 Å². The van der Waals surface area contributed by atoms with Gasteiger partial charge in [0.15, 0.2) is 0 Å². The number of hydrogen-bond acceptors (Lipinski definition) is 5. The summed E-state index contributed by atoms with van der Waals surface area (Å²) in [5, 5.41) is 2.77. The Morgan fingerprint density at radius 3 is 2.66 bits per heavy atom. The van der Waals surface area contributed by atoms with Gasteiger partial charge in [0.1, 0.15) is 18.2 Å². The Hall–Kier alpha value is -2.97. The molecule has 0 spiro atoms. The average molecular weight is 486 g/mol. The number of likely N-dealkylation sites (N-methyl/N-ethyl adjacent to an activating group) is 1. The zero-order valence-corrected chi connectivity index (χ0v) is 21.2. The zero-order valence-electron chi connectivity index (χ0n) is 21.2. The highest BCUT2D eigenvalue weighted by atomic mass is 19.1. The first-order valence-electron chi connectivity index (χ1n) is 12.1. The lowest BCUT2D eigenvalue weighted by Crippen LogP contribution is -2.46. The van der Waals surface area contributed by atoms with E-state index in [1.54, 1.807) is 43.3 Å². The third-order valence-corrected chi connectivity index (χ3v) is 6.43. The summed E-state index contributed by atoms with van der Waals surface area (Å²) in [5.41, 5.74) is 1.08. The van der Waals surface area contributed by atoms with E-state index in [9.17, 15) is 14.0 Å². The van der Waals surface area contributed by atoms with Crippen molar-refractivity contribution < 1.29 is 23.5 Å². The van der Waals surface area contributed by atoms with Gasteiger partial charge in [0.05, 0.1) is 11.7 Å². The molecule has 190 valence electrons. The molecule has 1 N–H and O–H groups in total. The van der Waals surface area contributed by atoms with Gasteiger partial charge in [-0.05, 0) is 56.1 Å². The van der Waals surface area contributed by atoms with Gasteiger partial charge in [0, 0.05) is 50.6 Å². The Labute approximate surface area is 207 Å². The van der Waals surface area contributed by atoms with E-state index in [0.717, 1.165) is 19.5 Å². The number of carbonyl (C=O) groups excluding carboxylic acids is 2. The number of carbonyl (C=O) groups is 2. The van der Waals surface area contributed by atoms with Crippen molar-refractivity contribution >= 4 is 17.5 Å². The van der Waals surface area contributed by atoms with Gasteiger partial charge in [-0.1, -0.05) is 19.9 Å². The van der Waals surface area contributed by atoms with E-state index in [2.05, 4.69) is 31.0 Å². The summed E-state index contributed by atoms with van der Waals surface area (Å²) in [5.74, 6) is -0.494. The lowest BCUT2D eigenvalue weighted by Gasteiger charge is -2.35. The Morgan fingerprint density at radius 2 is 1.97 bits per heavy atom. The Morgan fingerprint density at radius 1 is 1.20 bits per heavy atom. The second-order valence-electron chi connectivity index (χ2n) is 9.27. The highest BCUT2D eigenvalue weighted by Crippen LogP contribution is 2.27. The van der Waals surface area contributed by atoms with Crippen LogP contribution in [0.5, 0.6) is 5.75 Å². The molecule has 2 aromatic rings. The second kappa shape index (κ2) is 12.1. The maximum Gasteiger partial charge on any atom is 0.257 e. The summed E-state index contributed by atoms with van der Waals surface area (Å²) in [7, 11) is 3.44. The summed E-state index contributed by atoms with van der Waals surface area (Å²) in [6, 6.07) is 10.6. The summed E-state index contributed by atoms with van der Waals surface area (Å²) in [6.07, 6.45) is 0.907. The molecule has 1 heterocycles. The molecule has 0 aliphatic carbocycles. The highest BCUT2D eigenvalue weighted by Gasteiger charge is 2.28. The van der Waals surface area contributed by atoms with Crippen molar-refractivity contribution in [1.82, 2.24) is 9.80 Å². The quantitative estimate of drug-likeness (QED) is 0.684. The van der Waals surface area contributed by atoms with E-state index in [0.29, 0.717) is 30.2 Å². The molecule has 1 aliphatic rings. The molecule has 7 nitrogen and oxygen atoms in total. The molecule has 3 rings (SSSR count). The number of hydrogen-bond donors (Lipinski definition) is 1. The Kier molecular flexibility index (Phi) is 9.23. The predicted octanol–water partition coefficient (Wildman–Crippen LogP) is 4.29. The van der Waals surface area contributed by atoms with Crippen LogP contribution in [0.1, 0.15) is 47.9 Å². The lowest BCUT2D eigenvalue weighted by molar-refractivity contribution is 0.0108. The number of rotatable bonds is 5. The minimum atomic E-state index is -0.485. The van der Waals surface area contributed by atoms with Crippen LogP contribution in [0, 0.1) is 11.7 Å². The average Bonchev–Trinajstić information content (AvgIpc) is 2.84. The number of amides is 2. The number of ether oxygens (including phenoxy) is 2. The first-order chi connectivity index (χ1) is 16.7.